The number of nitrogens with zero attached hydrogens (tertiary/aromatic N) is 1. The monoisotopic (exact) mass is 303 g/mol. The molecule has 0 aliphatic heterocycles. The molecule has 0 amide bonds. The van der Waals surface area contributed by atoms with Gasteiger partial charge in [0.25, 0.3) is 0 Å². The van der Waals surface area contributed by atoms with Gasteiger partial charge in [0.2, 0.25) is 6.20 Å². The minimum atomic E-state index is -0.586. The molecular weight excluding hydrogens is 294 g/mol. The minimum Gasteiger partial charge on any atom is -0.422 e. The summed E-state index contributed by atoms with van der Waals surface area (Å²) < 4.78 is 5.25. The number of esters is 1. The second kappa shape index (κ2) is 6.67. The van der Waals surface area contributed by atoms with Crippen LogP contribution < -0.4 is 4.74 Å². The average Bonchev–Trinajstić information content (AvgIpc) is 2.47. The van der Waals surface area contributed by atoms with Crippen molar-refractivity contribution in [3.8, 4) is 5.75 Å². The lowest BCUT2D eigenvalue weighted by atomic mass is 10.2. The number of carbonyl (C=O) groups excluding carboxylic acids is 1. The van der Waals surface area contributed by atoms with Crippen molar-refractivity contribution in [2.75, 3.05) is 0 Å². The third-order valence-electron chi connectivity index (χ3n) is 2.58. The summed E-state index contributed by atoms with van der Waals surface area (Å²) in [5.74, 6) is -0.316. The molecule has 0 atom stereocenters. The Hall–Kier alpha value is -2.66. The first kappa shape index (κ1) is 14.7. The van der Waals surface area contributed by atoms with Crippen molar-refractivity contribution in [1.29, 1.82) is 0 Å². The lowest BCUT2D eigenvalue weighted by Gasteiger charge is -2.07. The van der Waals surface area contributed by atoms with Crippen molar-refractivity contribution in [3.05, 3.63) is 81.0 Å². The molecule has 0 unspecified atom stereocenters. The van der Waals surface area contributed by atoms with E-state index in [9.17, 15) is 14.9 Å². The van der Waals surface area contributed by atoms with Gasteiger partial charge in [0, 0.05) is 16.7 Å². The van der Waals surface area contributed by atoms with Gasteiger partial charge in [-0.1, -0.05) is 29.8 Å². The van der Waals surface area contributed by atoms with Crippen LogP contribution in [0.4, 0.5) is 0 Å². The molecule has 0 N–H and O–H groups in total. The van der Waals surface area contributed by atoms with E-state index in [1.807, 2.05) is 0 Å². The highest BCUT2D eigenvalue weighted by atomic mass is 35.5. The van der Waals surface area contributed by atoms with Gasteiger partial charge in [0.05, 0.1) is 10.5 Å². The first-order chi connectivity index (χ1) is 10.1. The molecule has 2 aromatic rings. The van der Waals surface area contributed by atoms with Gasteiger partial charge >= 0.3 is 5.97 Å². The summed E-state index contributed by atoms with van der Waals surface area (Å²) in [6.07, 6.45) is 2.05. The van der Waals surface area contributed by atoms with Gasteiger partial charge in [-0.2, -0.15) is 0 Å². The molecule has 0 saturated heterocycles. The zero-order chi connectivity index (χ0) is 15.2. The van der Waals surface area contributed by atoms with E-state index in [0.717, 1.165) is 6.20 Å². The minimum absolute atomic E-state index is 0.246. The molecule has 0 aliphatic carbocycles. The summed E-state index contributed by atoms with van der Waals surface area (Å²) in [6.45, 7) is 0. The zero-order valence-corrected chi connectivity index (χ0v) is 11.5. The van der Waals surface area contributed by atoms with E-state index in [0.29, 0.717) is 16.1 Å². The molecule has 2 aromatic carbocycles. The van der Waals surface area contributed by atoms with Gasteiger partial charge in [-0.05, 0) is 30.3 Å². The summed E-state index contributed by atoms with van der Waals surface area (Å²) in [6, 6.07) is 12.8. The molecule has 0 radical (unpaired) electrons. The van der Waals surface area contributed by atoms with Gasteiger partial charge < -0.3 is 4.74 Å². The summed E-state index contributed by atoms with van der Waals surface area (Å²) >= 11 is 5.75. The van der Waals surface area contributed by atoms with E-state index in [-0.39, 0.29) is 5.75 Å². The number of rotatable bonds is 4. The van der Waals surface area contributed by atoms with Gasteiger partial charge in [-0.3, -0.25) is 10.1 Å². The molecule has 0 saturated carbocycles. The van der Waals surface area contributed by atoms with Crippen LogP contribution in [-0.2, 0) is 0 Å². The molecule has 0 aromatic heterocycles. The fraction of sp³-hybridized carbons (Fsp3) is 0. The van der Waals surface area contributed by atoms with E-state index in [1.165, 1.54) is 6.08 Å². The van der Waals surface area contributed by atoms with Crippen LogP contribution in [0, 0.1) is 10.1 Å². The van der Waals surface area contributed by atoms with Crippen molar-refractivity contribution in [2.24, 2.45) is 0 Å². The van der Waals surface area contributed by atoms with Crippen LogP contribution in [-0.4, -0.2) is 10.9 Å². The molecule has 5 nitrogen and oxygen atoms in total. The summed E-state index contributed by atoms with van der Waals surface area (Å²) in [5.41, 5.74) is 0.781. The fourth-order valence-electron chi connectivity index (χ4n) is 1.60. The number of para-hydroxylation sites is 1. The summed E-state index contributed by atoms with van der Waals surface area (Å²) in [4.78, 5) is 21.8. The second-order valence-electron chi connectivity index (χ2n) is 4.04. The Morgan fingerprint density at radius 3 is 2.48 bits per heavy atom. The van der Waals surface area contributed by atoms with Crippen LogP contribution >= 0.6 is 11.6 Å². The van der Waals surface area contributed by atoms with Crippen LogP contribution in [0.15, 0.2) is 54.7 Å². The number of nitro groups is 1. The second-order valence-corrected chi connectivity index (χ2v) is 4.47. The highest BCUT2D eigenvalue weighted by Crippen LogP contribution is 2.21. The van der Waals surface area contributed by atoms with Crippen LogP contribution in [0.3, 0.4) is 0 Å². The first-order valence-corrected chi connectivity index (χ1v) is 6.32. The smallest absolute Gasteiger partial charge is 0.343 e. The van der Waals surface area contributed by atoms with Crippen molar-refractivity contribution >= 4 is 23.6 Å². The Morgan fingerprint density at radius 2 is 1.81 bits per heavy atom. The van der Waals surface area contributed by atoms with Crippen LogP contribution in [0.1, 0.15) is 15.9 Å². The molecule has 0 heterocycles. The van der Waals surface area contributed by atoms with Crippen LogP contribution in [0.5, 0.6) is 5.75 Å². The molecule has 0 bridgehead atoms. The Bertz CT molecular complexity index is 695. The predicted molar refractivity (Wildman–Crippen MR) is 78.9 cm³/mol. The largest absolute Gasteiger partial charge is 0.422 e. The highest BCUT2D eigenvalue weighted by molar-refractivity contribution is 6.30. The fourth-order valence-corrected chi connectivity index (χ4v) is 1.72. The quantitative estimate of drug-likeness (QED) is 0.373. The number of halogens is 1. The Kier molecular flexibility index (Phi) is 4.68. The topological polar surface area (TPSA) is 69.4 Å². The van der Waals surface area contributed by atoms with Crippen LogP contribution in [0.25, 0.3) is 6.08 Å². The highest BCUT2D eigenvalue weighted by Gasteiger charge is 2.10. The standard InChI is InChI=1S/C15H10ClNO4/c16-13-7-5-12(6-8-13)15(18)21-14-4-2-1-3-11(14)9-10-17(19)20/h1-10H/b10-9+. The van der Waals surface area contributed by atoms with Gasteiger partial charge in [0.15, 0.2) is 0 Å². The van der Waals surface area contributed by atoms with Crippen molar-refractivity contribution < 1.29 is 14.5 Å². The van der Waals surface area contributed by atoms with Crippen LogP contribution in [0.2, 0.25) is 5.02 Å². The Balaban J connectivity index is 2.21. The van der Waals surface area contributed by atoms with Gasteiger partial charge in [-0.25, -0.2) is 4.79 Å². The molecule has 0 fully saturated rings. The number of carbonyl (C=O) groups is 1. The summed E-state index contributed by atoms with van der Waals surface area (Å²) in [5, 5.41) is 10.9. The van der Waals surface area contributed by atoms with E-state index in [1.54, 1.807) is 48.5 Å². The maximum absolute atomic E-state index is 12.0. The number of ether oxygens (including phenoxy) is 1. The molecule has 2 rings (SSSR count). The Morgan fingerprint density at radius 1 is 1.14 bits per heavy atom. The van der Waals surface area contributed by atoms with E-state index in [2.05, 4.69) is 0 Å². The third-order valence-corrected chi connectivity index (χ3v) is 2.83. The zero-order valence-electron chi connectivity index (χ0n) is 10.7. The first-order valence-electron chi connectivity index (χ1n) is 5.95. The normalized spacial score (nSPS) is 10.5. The summed E-state index contributed by atoms with van der Waals surface area (Å²) in [7, 11) is 0. The molecule has 6 heteroatoms. The van der Waals surface area contributed by atoms with Gasteiger partial charge in [0.1, 0.15) is 5.75 Å². The van der Waals surface area contributed by atoms with Gasteiger partial charge in [-0.15, -0.1) is 0 Å². The third kappa shape index (κ3) is 4.15. The number of hydrogen-bond donors (Lipinski definition) is 0. The number of benzene rings is 2. The molecular formula is C15H10ClNO4. The molecule has 0 aliphatic rings. The van der Waals surface area contributed by atoms with Crippen molar-refractivity contribution in [1.82, 2.24) is 0 Å². The van der Waals surface area contributed by atoms with E-state index >= 15 is 0 Å². The van der Waals surface area contributed by atoms with Crippen molar-refractivity contribution in [3.63, 3.8) is 0 Å². The maximum Gasteiger partial charge on any atom is 0.343 e. The lowest BCUT2D eigenvalue weighted by Crippen LogP contribution is -2.09. The number of hydrogen-bond acceptors (Lipinski definition) is 4. The average molecular weight is 304 g/mol. The molecule has 21 heavy (non-hydrogen) atoms. The Labute approximate surface area is 125 Å². The maximum atomic E-state index is 12.0. The lowest BCUT2D eigenvalue weighted by molar-refractivity contribution is -0.400. The SMILES string of the molecule is O=C(Oc1ccccc1/C=C/[N+](=O)[O-])c1ccc(Cl)cc1. The van der Waals surface area contributed by atoms with Crippen molar-refractivity contribution in [2.45, 2.75) is 0 Å². The van der Waals surface area contributed by atoms with E-state index in [4.69, 9.17) is 16.3 Å². The predicted octanol–water partition coefficient (Wildman–Crippen LogP) is 3.81. The molecule has 106 valence electrons. The molecule has 0 spiro atoms. The van der Waals surface area contributed by atoms with E-state index < -0.39 is 10.9 Å².